The summed E-state index contributed by atoms with van der Waals surface area (Å²) in [5.41, 5.74) is -1.61. The molecule has 0 fully saturated rings. The lowest BCUT2D eigenvalue weighted by Gasteiger charge is -2.17. The van der Waals surface area contributed by atoms with Gasteiger partial charge in [0.05, 0.1) is 31.2 Å². The standard InChI is InChI=1S/C14H3Cl7O5/c15-2-1-3(7(17)10(20)6(2)16)26-12-9(19)5(14(24)25)4(13(22)23)8(18)11(12)21/h1H,(H,22,23)(H,24,25). The minimum atomic E-state index is -1.66. The van der Waals surface area contributed by atoms with Crippen molar-refractivity contribution in [2.45, 2.75) is 0 Å². The monoisotopic (exact) mass is 496 g/mol. The van der Waals surface area contributed by atoms with Crippen LogP contribution < -0.4 is 4.74 Å². The Morgan fingerprint density at radius 3 is 1.69 bits per heavy atom. The average molecular weight is 499 g/mol. The van der Waals surface area contributed by atoms with Gasteiger partial charge in [-0.2, -0.15) is 0 Å². The highest BCUT2D eigenvalue weighted by molar-refractivity contribution is 6.52. The van der Waals surface area contributed by atoms with E-state index >= 15 is 0 Å². The van der Waals surface area contributed by atoms with Crippen LogP contribution in [0.5, 0.6) is 11.5 Å². The average Bonchev–Trinajstić information content (AvgIpc) is 2.56. The Kier molecular flexibility index (Phi) is 6.67. The minimum absolute atomic E-state index is 0.0185. The Morgan fingerprint density at radius 2 is 1.19 bits per heavy atom. The Hall–Kier alpha value is -0.790. The van der Waals surface area contributed by atoms with E-state index in [1.165, 1.54) is 6.07 Å². The van der Waals surface area contributed by atoms with Crippen molar-refractivity contribution in [3.05, 3.63) is 52.4 Å². The van der Waals surface area contributed by atoms with Crippen molar-refractivity contribution in [2.75, 3.05) is 0 Å². The molecule has 0 radical (unpaired) electrons. The number of hydrogen-bond donors (Lipinski definition) is 2. The zero-order valence-corrected chi connectivity index (χ0v) is 17.1. The second kappa shape index (κ2) is 8.07. The minimum Gasteiger partial charge on any atom is -0.478 e. The van der Waals surface area contributed by atoms with Gasteiger partial charge in [-0.25, -0.2) is 9.59 Å². The molecule has 2 N–H and O–H groups in total. The van der Waals surface area contributed by atoms with Crippen LogP contribution in [0.25, 0.3) is 0 Å². The number of carboxylic acids is 2. The summed E-state index contributed by atoms with van der Waals surface area (Å²) in [5, 5.41) is 16.5. The molecule has 0 aromatic heterocycles. The van der Waals surface area contributed by atoms with E-state index in [0.29, 0.717) is 0 Å². The molecule has 26 heavy (non-hydrogen) atoms. The lowest BCUT2D eigenvalue weighted by molar-refractivity contribution is 0.0651. The number of carboxylic acid groups (broad SMARTS) is 2. The van der Waals surface area contributed by atoms with E-state index in [-0.39, 0.29) is 25.8 Å². The van der Waals surface area contributed by atoms with Gasteiger partial charge in [0.1, 0.15) is 20.8 Å². The molecule has 0 aliphatic carbocycles. The van der Waals surface area contributed by atoms with E-state index in [2.05, 4.69) is 0 Å². The number of benzene rings is 2. The van der Waals surface area contributed by atoms with Gasteiger partial charge in [-0.3, -0.25) is 0 Å². The summed E-state index contributed by atoms with van der Waals surface area (Å²) < 4.78 is 5.43. The molecule has 0 aliphatic heterocycles. The summed E-state index contributed by atoms with van der Waals surface area (Å²) in [6, 6.07) is 1.18. The van der Waals surface area contributed by atoms with Crippen LogP contribution in [0.4, 0.5) is 0 Å². The highest BCUT2D eigenvalue weighted by Crippen LogP contribution is 2.49. The van der Waals surface area contributed by atoms with Gasteiger partial charge in [-0.15, -0.1) is 0 Å². The second-order valence-electron chi connectivity index (χ2n) is 4.53. The third-order valence-electron chi connectivity index (χ3n) is 2.99. The fourth-order valence-electron chi connectivity index (χ4n) is 1.87. The molecule has 0 spiro atoms. The molecule has 2 rings (SSSR count). The quantitative estimate of drug-likeness (QED) is 0.337. The normalized spacial score (nSPS) is 10.7. The van der Waals surface area contributed by atoms with Gasteiger partial charge >= 0.3 is 11.9 Å². The van der Waals surface area contributed by atoms with Crippen LogP contribution in [-0.2, 0) is 0 Å². The molecule has 5 nitrogen and oxygen atoms in total. The zero-order chi connectivity index (χ0) is 19.9. The second-order valence-corrected chi connectivity index (χ2v) is 7.21. The molecular weight excluding hydrogens is 496 g/mol. The molecule has 0 aliphatic rings. The van der Waals surface area contributed by atoms with E-state index in [9.17, 15) is 19.8 Å². The maximum atomic E-state index is 11.4. The Labute approximate surface area is 180 Å². The van der Waals surface area contributed by atoms with E-state index in [1.54, 1.807) is 0 Å². The molecule has 2 aromatic carbocycles. The first-order valence-corrected chi connectivity index (χ1v) is 8.81. The third kappa shape index (κ3) is 3.76. The first-order chi connectivity index (χ1) is 12.0. The number of hydrogen-bond acceptors (Lipinski definition) is 3. The summed E-state index contributed by atoms with van der Waals surface area (Å²) in [7, 11) is 0. The van der Waals surface area contributed by atoms with Gasteiger partial charge in [0.2, 0.25) is 0 Å². The van der Waals surface area contributed by atoms with Crippen molar-refractivity contribution in [1.29, 1.82) is 0 Å². The predicted molar refractivity (Wildman–Crippen MR) is 102 cm³/mol. The fraction of sp³-hybridized carbons (Fsp3) is 0. The lowest BCUT2D eigenvalue weighted by atomic mass is 10.1. The molecule has 0 saturated heterocycles. The van der Waals surface area contributed by atoms with Gasteiger partial charge < -0.3 is 14.9 Å². The lowest BCUT2D eigenvalue weighted by Crippen LogP contribution is -2.11. The Bertz CT molecular complexity index is 958. The van der Waals surface area contributed by atoms with E-state index in [0.717, 1.165) is 0 Å². The molecular formula is C14H3Cl7O5. The van der Waals surface area contributed by atoms with Crippen LogP contribution in [0.2, 0.25) is 35.2 Å². The van der Waals surface area contributed by atoms with Crippen molar-refractivity contribution < 1.29 is 24.5 Å². The van der Waals surface area contributed by atoms with Crippen LogP contribution in [0.15, 0.2) is 6.07 Å². The molecule has 0 bridgehead atoms. The summed E-state index contributed by atoms with van der Waals surface area (Å²) >= 11 is 41.6. The summed E-state index contributed by atoms with van der Waals surface area (Å²) in [5.74, 6) is -3.91. The molecule has 12 heteroatoms. The van der Waals surface area contributed by atoms with Crippen LogP contribution in [0.3, 0.4) is 0 Å². The first-order valence-electron chi connectivity index (χ1n) is 6.16. The third-order valence-corrected chi connectivity index (χ3v) is 5.92. The highest BCUT2D eigenvalue weighted by Gasteiger charge is 2.31. The number of ether oxygens (including phenoxy) is 1. The van der Waals surface area contributed by atoms with Crippen molar-refractivity contribution in [1.82, 2.24) is 0 Å². The number of carbonyl (C=O) groups is 2. The van der Waals surface area contributed by atoms with Crippen LogP contribution >= 0.6 is 81.2 Å². The number of aromatic carboxylic acids is 2. The van der Waals surface area contributed by atoms with Crippen LogP contribution in [-0.4, -0.2) is 22.2 Å². The van der Waals surface area contributed by atoms with Crippen LogP contribution in [0, 0.1) is 0 Å². The number of halogens is 7. The van der Waals surface area contributed by atoms with Gasteiger partial charge in [-0.05, 0) is 0 Å². The van der Waals surface area contributed by atoms with Gasteiger partial charge in [0.15, 0.2) is 5.75 Å². The van der Waals surface area contributed by atoms with Crippen molar-refractivity contribution in [3.8, 4) is 11.5 Å². The summed E-state index contributed by atoms with van der Waals surface area (Å²) in [6.45, 7) is 0. The zero-order valence-electron chi connectivity index (χ0n) is 11.8. The Balaban J connectivity index is 2.77. The molecule has 138 valence electrons. The summed E-state index contributed by atoms with van der Waals surface area (Å²) in [6.07, 6.45) is 0. The van der Waals surface area contributed by atoms with Gasteiger partial charge in [0.25, 0.3) is 0 Å². The fourth-order valence-corrected chi connectivity index (χ4v) is 3.53. The van der Waals surface area contributed by atoms with Crippen molar-refractivity contribution in [3.63, 3.8) is 0 Å². The molecule has 0 amide bonds. The number of rotatable bonds is 4. The molecule has 2 aromatic rings. The van der Waals surface area contributed by atoms with Gasteiger partial charge in [0, 0.05) is 6.07 Å². The van der Waals surface area contributed by atoms with E-state index in [4.69, 9.17) is 85.9 Å². The van der Waals surface area contributed by atoms with Crippen molar-refractivity contribution in [2.24, 2.45) is 0 Å². The first kappa shape index (κ1) is 21.5. The molecule has 0 atom stereocenters. The largest absolute Gasteiger partial charge is 0.478 e. The molecule has 0 heterocycles. The SMILES string of the molecule is O=C(O)c1c(Cl)c(Cl)c(Oc2cc(Cl)c(Cl)c(Cl)c2Cl)c(Cl)c1C(=O)O. The van der Waals surface area contributed by atoms with Crippen LogP contribution in [0.1, 0.15) is 20.7 Å². The highest BCUT2D eigenvalue weighted by atomic mass is 35.5. The smallest absolute Gasteiger partial charge is 0.338 e. The maximum Gasteiger partial charge on any atom is 0.338 e. The predicted octanol–water partition coefficient (Wildman–Crippen LogP) is 7.45. The van der Waals surface area contributed by atoms with E-state index < -0.39 is 43.9 Å². The molecule has 0 unspecified atom stereocenters. The topological polar surface area (TPSA) is 83.8 Å². The van der Waals surface area contributed by atoms with Crippen molar-refractivity contribution >= 4 is 93.1 Å². The van der Waals surface area contributed by atoms with Gasteiger partial charge in [-0.1, -0.05) is 81.2 Å². The maximum absolute atomic E-state index is 11.4. The Morgan fingerprint density at radius 1 is 0.692 bits per heavy atom. The summed E-state index contributed by atoms with van der Waals surface area (Å²) in [4.78, 5) is 22.8. The van der Waals surface area contributed by atoms with E-state index in [1.807, 2.05) is 0 Å². The molecule has 0 saturated carbocycles.